The number of fused-ring (bicyclic) bond motifs is 1. The molecule has 30 heavy (non-hydrogen) atoms. The summed E-state index contributed by atoms with van der Waals surface area (Å²) < 4.78 is 0.923. The summed E-state index contributed by atoms with van der Waals surface area (Å²) in [5.41, 5.74) is 0.690. The Morgan fingerprint density at radius 3 is 2.67 bits per heavy atom. The topological polar surface area (TPSA) is 86.7 Å². The number of piperidine rings is 1. The van der Waals surface area contributed by atoms with E-state index in [2.05, 4.69) is 5.32 Å². The van der Waals surface area contributed by atoms with Gasteiger partial charge in [-0.25, -0.2) is 0 Å². The van der Waals surface area contributed by atoms with Crippen LogP contribution in [-0.4, -0.2) is 46.9 Å². The number of amides is 2. The Balaban J connectivity index is 1.55. The standard InChI is InChI=1S/C21H22Cl2N2O4S/c1-12(10-17(27)28)21(29)24-15-4-7-25(8-5-15)16(26)3-2-13-11-14-6-9-30-20(14)19(23)18(13)22/h2-3,6,9,11-12,15H,4-5,7-8,10H2,1H3,(H,24,29)(H,27,28). The van der Waals surface area contributed by atoms with Crippen LogP contribution in [0.1, 0.15) is 31.7 Å². The molecule has 2 aromatic rings. The zero-order chi connectivity index (χ0) is 21.8. The van der Waals surface area contributed by atoms with E-state index in [4.69, 9.17) is 28.3 Å². The molecule has 0 aliphatic carbocycles. The third-order valence-corrected chi connectivity index (χ3v) is 7.08. The van der Waals surface area contributed by atoms with Crippen molar-refractivity contribution in [1.29, 1.82) is 0 Å². The van der Waals surface area contributed by atoms with Crippen LogP contribution in [0.3, 0.4) is 0 Å². The molecule has 1 atom stereocenters. The van der Waals surface area contributed by atoms with Crippen LogP contribution in [0.2, 0.25) is 10.0 Å². The van der Waals surface area contributed by atoms with E-state index >= 15 is 0 Å². The molecule has 1 aromatic heterocycles. The van der Waals surface area contributed by atoms with E-state index < -0.39 is 11.9 Å². The number of carbonyl (C=O) groups excluding carboxylic acids is 2. The van der Waals surface area contributed by atoms with E-state index in [0.717, 1.165) is 10.1 Å². The van der Waals surface area contributed by atoms with Gasteiger partial charge in [-0.3, -0.25) is 14.4 Å². The summed E-state index contributed by atoms with van der Waals surface area (Å²) in [5, 5.41) is 15.5. The summed E-state index contributed by atoms with van der Waals surface area (Å²) in [7, 11) is 0. The Bertz CT molecular complexity index is 996. The fraction of sp³-hybridized carbons (Fsp3) is 0.381. The van der Waals surface area contributed by atoms with Gasteiger partial charge in [0, 0.05) is 31.1 Å². The third-order valence-electron chi connectivity index (χ3n) is 5.14. The van der Waals surface area contributed by atoms with Crippen LogP contribution in [-0.2, 0) is 14.4 Å². The fourth-order valence-electron chi connectivity index (χ4n) is 3.40. The highest BCUT2D eigenvalue weighted by Gasteiger charge is 2.25. The van der Waals surface area contributed by atoms with Crippen LogP contribution in [0.5, 0.6) is 0 Å². The maximum Gasteiger partial charge on any atom is 0.304 e. The highest BCUT2D eigenvalue weighted by atomic mass is 35.5. The number of carboxylic acid groups (broad SMARTS) is 1. The molecule has 0 saturated carbocycles. The Morgan fingerprint density at radius 2 is 2.00 bits per heavy atom. The van der Waals surface area contributed by atoms with E-state index in [1.54, 1.807) is 17.9 Å². The number of carbonyl (C=O) groups is 3. The lowest BCUT2D eigenvalue weighted by Crippen LogP contribution is -2.47. The maximum atomic E-state index is 12.6. The van der Waals surface area contributed by atoms with Crippen molar-refractivity contribution in [2.45, 2.75) is 32.2 Å². The van der Waals surface area contributed by atoms with Crippen molar-refractivity contribution >= 4 is 68.5 Å². The second kappa shape index (κ2) is 9.81. The quantitative estimate of drug-likeness (QED) is 0.613. The number of carboxylic acids is 1. The number of nitrogens with one attached hydrogen (secondary N) is 1. The first-order valence-electron chi connectivity index (χ1n) is 9.60. The van der Waals surface area contributed by atoms with Crippen molar-refractivity contribution in [3.05, 3.63) is 39.2 Å². The van der Waals surface area contributed by atoms with Gasteiger partial charge in [-0.1, -0.05) is 30.1 Å². The second-order valence-corrected chi connectivity index (χ2v) is 9.05. The van der Waals surface area contributed by atoms with Crippen LogP contribution in [0.4, 0.5) is 0 Å². The molecule has 0 bridgehead atoms. The van der Waals surface area contributed by atoms with Crippen molar-refractivity contribution in [3.8, 4) is 0 Å². The molecule has 0 radical (unpaired) electrons. The maximum absolute atomic E-state index is 12.6. The van der Waals surface area contributed by atoms with Crippen molar-refractivity contribution in [3.63, 3.8) is 0 Å². The van der Waals surface area contributed by atoms with Crippen molar-refractivity contribution < 1.29 is 19.5 Å². The number of nitrogens with zero attached hydrogens (tertiary/aromatic N) is 1. The number of likely N-dealkylation sites (tertiary alicyclic amines) is 1. The highest BCUT2D eigenvalue weighted by molar-refractivity contribution is 7.18. The summed E-state index contributed by atoms with van der Waals surface area (Å²) in [5.74, 6) is -1.97. The van der Waals surface area contributed by atoms with E-state index in [1.165, 1.54) is 17.4 Å². The van der Waals surface area contributed by atoms with Gasteiger partial charge in [0.05, 0.1) is 21.2 Å². The Morgan fingerprint density at radius 1 is 1.30 bits per heavy atom. The normalized spacial score (nSPS) is 16.2. The number of hydrogen-bond donors (Lipinski definition) is 2. The number of hydrogen-bond acceptors (Lipinski definition) is 4. The average molecular weight is 469 g/mol. The number of rotatable bonds is 6. The predicted molar refractivity (Wildman–Crippen MR) is 120 cm³/mol. The molecule has 1 aromatic carbocycles. The number of thiophene rings is 1. The minimum atomic E-state index is -0.996. The molecule has 1 aliphatic heterocycles. The summed E-state index contributed by atoms with van der Waals surface area (Å²) in [6, 6.07) is 3.80. The molecule has 6 nitrogen and oxygen atoms in total. The predicted octanol–water partition coefficient (Wildman–Crippen LogP) is 4.44. The number of aliphatic carboxylic acids is 1. The molecule has 1 fully saturated rings. The van der Waals surface area contributed by atoms with Crippen LogP contribution in [0.25, 0.3) is 16.2 Å². The second-order valence-electron chi connectivity index (χ2n) is 7.37. The largest absolute Gasteiger partial charge is 0.481 e. The van der Waals surface area contributed by atoms with E-state index in [9.17, 15) is 14.4 Å². The van der Waals surface area contributed by atoms with Gasteiger partial charge in [0.15, 0.2) is 0 Å². The van der Waals surface area contributed by atoms with Crippen molar-refractivity contribution in [1.82, 2.24) is 10.2 Å². The smallest absolute Gasteiger partial charge is 0.304 e. The van der Waals surface area contributed by atoms with Crippen LogP contribution in [0.15, 0.2) is 23.6 Å². The van der Waals surface area contributed by atoms with Crippen LogP contribution < -0.4 is 5.32 Å². The average Bonchev–Trinajstić information content (AvgIpc) is 3.18. The Kier molecular flexibility index (Phi) is 7.39. The molecule has 2 amide bonds. The summed E-state index contributed by atoms with van der Waals surface area (Å²) in [6.07, 6.45) is 4.22. The third kappa shape index (κ3) is 5.33. The monoisotopic (exact) mass is 468 g/mol. The highest BCUT2D eigenvalue weighted by Crippen LogP contribution is 2.37. The lowest BCUT2D eigenvalue weighted by atomic mass is 10.0. The molecule has 2 heterocycles. The van der Waals surface area contributed by atoms with Crippen LogP contribution in [0, 0.1) is 5.92 Å². The van der Waals surface area contributed by atoms with Gasteiger partial charge in [-0.2, -0.15) is 0 Å². The van der Waals surface area contributed by atoms with E-state index in [-0.39, 0.29) is 24.3 Å². The molecular weight excluding hydrogens is 447 g/mol. The molecule has 3 rings (SSSR count). The van der Waals surface area contributed by atoms with Gasteiger partial charge in [0.1, 0.15) is 0 Å². The van der Waals surface area contributed by atoms with Gasteiger partial charge in [-0.15, -0.1) is 11.3 Å². The molecule has 9 heteroatoms. The van der Waals surface area contributed by atoms with Gasteiger partial charge < -0.3 is 15.3 Å². The SMILES string of the molecule is CC(CC(=O)O)C(=O)NC1CCN(C(=O)C=Cc2cc3ccsc3c(Cl)c2Cl)CC1. The van der Waals surface area contributed by atoms with Gasteiger partial charge >= 0.3 is 5.97 Å². The number of benzene rings is 1. The molecule has 1 unspecified atom stereocenters. The van der Waals surface area contributed by atoms with Crippen molar-refractivity contribution in [2.75, 3.05) is 13.1 Å². The first-order valence-corrected chi connectivity index (χ1v) is 11.2. The lowest BCUT2D eigenvalue weighted by Gasteiger charge is -2.32. The Hall–Kier alpha value is -2.09. The van der Waals surface area contributed by atoms with Crippen LogP contribution >= 0.6 is 34.5 Å². The molecule has 160 valence electrons. The first-order chi connectivity index (χ1) is 14.3. The lowest BCUT2D eigenvalue weighted by molar-refractivity contribution is -0.141. The summed E-state index contributed by atoms with van der Waals surface area (Å²) in [6.45, 7) is 2.62. The molecular formula is C21H22Cl2N2O4S. The molecule has 1 aliphatic rings. The Labute approximate surface area is 188 Å². The zero-order valence-corrected chi connectivity index (χ0v) is 18.7. The van der Waals surface area contributed by atoms with Crippen molar-refractivity contribution in [2.24, 2.45) is 5.92 Å². The zero-order valence-electron chi connectivity index (χ0n) is 16.4. The van der Waals surface area contributed by atoms with Gasteiger partial charge in [0.2, 0.25) is 11.8 Å². The van der Waals surface area contributed by atoms with Gasteiger partial charge in [-0.05, 0) is 47.4 Å². The van der Waals surface area contributed by atoms with E-state index in [0.29, 0.717) is 41.5 Å². The fourth-order valence-corrected chi connectivity index (χ4v) is 4.84. The number of halogens is 2. The minimum Gasteiger partial charge on any atom is -0.481 e. The van der Waals surface area contributed by atoms with E-state index in [1.807, 2.05) is 17.5 Å². The molecule has 0 spiro atoms. The van der Waals surface area contributed by atoms with Gasteiger partial charge in [0.25, 0.3) is 0 Å². The molecule has 2 N–H and O–H groups in total. The summed E-state index contributed by atoms with van der Waals surface area (Å²) in [4.78, 5) is 37.1. The summed E-state index contributed by atoms with van der Waals surface area (Å²) >= 11 is 14.2. The molecule has 1 saturated heterocycles. The first kappa shape index (κ1) is 22.6. The minimum absolute atomic E-state index is 0.0592.